The van der Waals surface area contributed by atoms with Gasteiger partial charge in [0.15, 0.2) is 5.96 Å². The van der Waals surface area contributed by atoms with Crippen molar-refractivity contribution in [3.63, 3.8) is 0 Å². The summed E-state index contributed by atoms with van der Waals surface area (Å²) in [6, 6.07) is 17.2. The van der Waals surface area contributed by atoms with Crippen molar-refractivity contribution in [2.75, 3.05) is 19.6 Å². The van der Waals surface area contributed by atoms with E-state index < -0.39 is 0 Å². The molecule has 180 valence electrons. The number of hydrogen-bond acceptors (Lipinski definition) is 4. The summed E-state index contributed by atoms with van der Waals surface area (Å²) in [6.45, 7) is 5.52. The topological polar surface area (TPSA) is 71.8 Å². The Hall–Kier alpha value is -2.88. The van der Waals surface area contributed by atoms with Gasteiger partial charge in [0.2, 0.25) is 0 Å². The highest BCUT2D eigenvalue weighted by atomic mass is 127. The molecule has 8 heteroatoms. The average molecular weight is 573 g/mol. The fourth-order valence-electron chi connectivity index (χ4n) is 4.07. The number of aromatic nitrogens is 2. The number of rotatable bonds is 7. The van der Waals surface area contributed by atoms with Crippen LogP contribution in [0.2, 0.25) is 0 Å². The summed E-state index contributed by atoms with van der Waals surface area (Å²) >= 11 is 0. The van der Waals surface area contributed by atoms with E-state index in [0.29, 0.717) is 18.0 Å². The van der Waals surface area contributed by atoms with Gasteiger partial charge in [-0.15, -0.1) is 24.0 Å². The molecule has 7 nitrogen and oxygen atoms in total. The number of nitrogens with one attached hydrogen (secondary N) is 1. The van der Waals surface area contributed by atoms with Crippen LogP contribution >= 0.6 is 24.0 Å². The molecule has 0 bridgehead atoms. The van der Waals surface area contributed by atoms with Gasteiger partial charge in [0.25, 0.3) is 0 Å². The third-order valence-electron chi connectivity index (χ3n) is 5.81. The van der Waals surface area contributed by atoms with Gasteiger partial charge in [-0.25, -0.2) is 9.79 Å². The summed E-state index contributed by atoms with van der Waals surface area (Å²) in [5, 5.41) is 7.72. The van der Waals surface area contributed by atoms with Crippen molar-refractivity contribution >= 4 is 35.9 Å². The summed E-state index contributed by atoms with van der Waals surface area (Å²) in [5.74, 6) is 1.04. The second-order valence-corrected chi connectivity index (χ2v) is 8.31. The SMILES string of the molecule is CCNC(=NCc1cccc(C(=O)OCc2ccccc2)c1)N1CCC(c2cnn(C)c2)C1.I. The molecule has 2 aromatic carbocycles. The van der Waals surface area contributed by atoms with Crippen molar-refractivity contribution in [1.82, 2.24) is 20.0 Å². The summed E-state index contributed by atoms with van der Waals surface area (Å²) in [4.78, 5) is 19.7. The zero-order valence-electron chi connectivity index (χ0n) is 19.7. The minimum Gasteiger partial charge on any atom is -0.457 e. The first-order valence-corrected chi connectivity index (χ1v) is 11.4. The van der Waals surface area contributed by atoms with Crippen LogP contribution in [0.1, 0.15) is 46.3 Å². The van der Waals surface area contributed by atoms with E-state index in [0.717, 1.165) is 43.1 Å². The van der Waals surface area contributed by atoms with Gasteiger partial charge in [0.05, 0.1) is 18.3 Å². The molecule has 4 rings (SSSR count). The highest BCUT2D eigenvalue weighted by Crippen LogP contribution is 2.26. The summed E-state index contributed by atoms with van der Waals surface area (Å²) < 4.78 is 7.32. The molecule has 1 saturated heterocycles. The molecule has 1 N–H and O–H groups in total. The van der Waals surface area contributed by atoms with Crippen molar-refractivity contribution in [2.45, 2.75) is 32.4 Å². The van der Waals surface area contributed by atoms with Gasteiger partial charge in [0.1, 0.15) is 6.61 Å². The van der Waals surface area contributed by atoms with Crippen LogP contribution < -0.4 is 5.32 Å². The number of carbonyl (C=O) groups is 1. The second-order valence-electron chi connectivity index (χ2n) is 8.31. The normalized spacial score (nSPS) is 15.6. The second kappa shape index (κ2) is 12.5. The van der Waals surface area contributed by atoms with E-state index in [1.807, 2.05) is 66.5 Å². The first-order chi connectivity index (χ1) is 16.1. The van der Waals surface area contributed by atoms with Gasteiger partial charge >= 0.3 is 5.97 Å². The number of halogens is 1. The van der Waals surface area contributed by atoms with E-state index in [2.05, 4.69) is 28.4 Å². The number of likely N-dealkylation sites (tertiary alicyclic amines) is 1. The summed E-state index contributed by atoms with van der Waals surface area (Å²) in [6.07, 6.45) is 5.14. The van der Waals surface area contributed by atoms with Crippen molar-refractivity contribution in [1.29, 1.82) is 0 Å². The fraction of sp³-hybridized carbons (Fsp3) is 0.346. The van der Waals surface area contributed by atoms with Gasteiger partial charge in [0, 0.05) is 38.8 Å². The molecular weight excluding hydrogens is 541 g/mol. The Kier molecular flexibility index (Phi) is 9.50. The van der Waals surface area contributed by atoms with Gasteiger partial charge < -0.3 is 15.0 Å². The minimum absolute atomic E-state index is 0. The van der Waals surface area contributed by atoms with Crippen LogP contribution in [-0.2, 0) is 24.9 Å². The molecule has 0 spiro atoms. The molecule has 1 aliphatic heterocycles. The molecule has 1 aliphatic rings. The van der Waals surface area contributed by atoms with Crippen LogP contribution in [0.4, 0.5) is 0 Å². The lowest BCUT2D eigenvalue weighted by molar-refractivity contribution is 0.0472. The third kappa shape index (κ3) is 6.82. The van der Waals surface area contributed by atoms with Crippen LogP contribution in [0.25, 0.3) is 0 Å². The zero-order chi connectivity index (χ0) is 23.0. The number of hydrogen-bond donors (Lipinski definition) is 1. The maximum atomic E-state index is 12.5. The summed E-state index contributed by atoms with van der Waals surface area (Å²) in [5.41, 5.74) is 3.76. The first-order valence-electron chi connectivity index (χ1n) is 11.4. The van der Waals surface area contributed by atoms with Gasteiger partial charge in [-0.3, -0.25) is 4.68 Å². The average Bonchev–Trinajstić information content (AvgIpc) is 3.50. The zero-order valence-corrected chi connectivity index (χ0v) is 22.0. The molecule has 0 saturated carbocycles. The lowest BCUT2D eigenvalue weighted by Gasteiger charge is -2.21. The number of ether oxygens (including phenoxy) is 1. The lowest BCUT2D eigenvalue weighted by atomic mass is 10.0. The van der Waals surface area contributed by atoms with Crippen LogP contribution in [0.15, 0.2) is 72.0 Å². The van der Waals surface area contributed by atoms with Crippen molar-refractivity contribution in [2.24, 2.45) is 12.0 Å². The fourth-order valence-corrected chi connectivity index (χ4v) is 4.07. The molecule has 2 heterocycles. The molecule has 1 aromatic heterocycles. The Morgan fingerprint density at radius 3 is 2.71 bits per heavy atom. The standard InChI is InChI=1S/C26H31N5O2.HI/c1-3-27-26(31-13-12-23(18-31)24-16-29-30(2)17-24)28-15-21-10-7-11-22(14-21)25(32)33-19-20-8-5-4-6-9-20;/h4-11,14,16-17,23H,3,12-13,15,18-19H2,1-2H3,(H,27,28);1H. The molecule has 0 amide bonds. The Balaban J connectivity index is 0.00000324. The Bertz CT molecular complexity index is 1100. The molecule has 3 aromatic rings. The Morgan fingerprint density at radius 2 is 1.97 bits per heavy atom. The predicted molar refractivity (Wildman–Crippen MR) is 144 cm³/mol. The van der Waals surface area contributed by atoms with E-state index >= 15 is 0 Å². The number of benzene rings is 2. The van der Waals surface area contributed by atoms with Crippen LogP contribution in [0, 0.1) is 0 Å². The Labute approximate surface area is 218 Å². The van der Waals surface area contributed by atoms with Gasteiger partial charge in [-0.1, -0.05) is 42.5 Å². The number of esters is 1. The molecule has 0 radical (unpaired) electrons. The monoisotopic (exact) mass is 573 g/mol. The third-order valence-corrected chi connectivity index (χ3v) is 5.81. The molecule has 34 heavy (non-hydrogen) atoms. The number of nitrogens with zero attached hydrogens (tertiary/aromatic N) is 4. The highest BCUT2D eigenvalue weighted by Gasteiger charge is 2.26. The maximum absolute atomic E-state index is 12.5. The molecule has 1 fully saturated rings. The molecule has 0 aliphatic carbocycles. The molecular formula is C26H32IN5O2. The van der Waals surface area contributed by atoms with E-state index in [4.69, 9.17) is 9.73 Å². The van der Waals surface area contributed by atoms with Crippen molar-refractivity contribution in [3.8, 4) is 0 Å². The number of aliphatic imine (C=N–C) groups is 1. The largest absolute Gasteiger partial charge is 0.457 e. The molecule has 1 unspecified atom stereocenters. The number of carbonyl (C=O) groups excluding carboxylic acids is 1. The minimum atomic E-state index is -0.324. The summed E-state index contributed by atoms with van der Waals surface area (Å²) in [7, 11) is 1.95. The maximum Gasteiger partial charge on any atom is 0.338 e. The predicted octanol–water partition coefficient (Wildman–Crippen LogP) is 4.35. The number of aryl methyl sites for hydroxylation is 1. The lowest BCUT2D eigenvalue weighted by Crippen LogP contribution is -2.40. The highest BCUT2D eigenvalue weighted by molar-refractivity contribution is 14.0. The van der Waals surface area contributed by atoms with E-state index in [1.165, 1.54) is 5.56 Å². The van der Waals surface area contributed by atoms with Crippen LogP contribution in [-0.4, -0.2) is 46.2 Å². The van der Waals surface area contributed by atoms with Crippen LogP contribution in [0.3, 0.4) is 0 Å². The van der Waals surface area contributed by atoms with Gasteiger partial charge in [-0.05, 0) is 42.2 Å². The first kappa shape index (κ1) is 25.7. The molecule has 1 atom stereocenters. The van der Waals surface area contributed by atoms with Crippen molar-refractivity contribution in [3.05, 3.63) is 89.2 Å². The quantitative estimate of drug-likeness (QED) is 0.197. The smallest absolute Gasteiger partial charge is 0.338 e. The number of guanidine groups is 1. The Morgan fingerprint density at radius 1 is 1.18 bits per heavy atom. The van der Waals surface area contributed by atoms with E-state index in [-0.39, 0.29) is 36.6 Å². The van der Waals surface area contributed by atoms with E-state index in [1.54, 1.807) is 6.07 Å². The van der Waals surface area contributed by atoms with Gasteiger partial charge in [-0.2, -0.15) is 5.10 Å². The van der Waals surface area contributed by atoms with E-state index in [9.17, 15) is 4.79 Å². The van der Waals surface area contributed by atoms with Crippen molar-refractivity contribution < 1.29 is 9.53 Å². The van der Waals surface area contributed by atoms with Crippen LogP contribution in [0.5, 0.6) is 0 Å².